The predicted molar refractivity (Wildman–Crippen MR) is 82.5 cm³/mol. The van der Waals surface area contributed by atoms with E-state index in [1.807, 2.05) is 0 Å². The van der Waals surface area contributed by atoms with Gasteiger partial charge in [0, 0.05) is 13.0 Å². The smallest absolute Gasteiger partial charge is 0.308 e. The van der Waals surface area contributed by atoms with Crippen LogP contribution in [0.1, 0.15) is 45.4 Å². The van der Waals surface area contributed by atoms with Crippen molar-refractivity contribution in [1.82, 2.24) is 16.0 Å². The summed E-state index contributed by atoms with van der Waals surface area (Å²) < 4.78 is 0. The molecule has 0 saturated heterocycles. The third-order valence-corrected chi connectivity index (χ3v) is 3.87. The molecule has 0 heterocycles. The van der Waals surface area contributed by atoms with E-state index in [1.54, 1.807) is 0 Å². The summed E-state index contributed by atoms with van der Waals surface area (Å²) in [5.41, 5.74) is 0. The molecular weight excluding hydrogens is 302 g/mol. The zero-order chi connectivity index (χ0) is 17.2. The van der Waals surface area contributed by atoms with Gasteiger partial charge in [0.15, 0.2) is 0 Å². The molecule has 2 atom stereocenters. The Morgan fingerprint density at radius 3 is 2.13 bits per heavy atom. The first-order chi connectivity index (χ1) is 10.9. The fourth-order valence-electron chi connectivity index (χ4n) is 2.66. The number of carboxylic acid groups (broad SMARTS) is 1. The third-order valence-electron chi connectivity index (χ3n) is 3.87. The number of aliphatic carboxylic acids is 1. The van der Waals surface area contributed by atoms with Gasteiger partial charge in [-0.3, -0.25) is 19.2 Å². The highest BCUT2D eigenvalue weighted by Crippen LogP contribution is 2.23. The lowest BCUT2D eigenvalue weighted by Gasteiger charge is -2.27. The van der Waals surface area contributed by atoms with Crippen LogP contribution in [0.15, 0.2) is 0 Å². The number of hydrogen-bond acceptors (Lipinski definition) is 4. The molecule has 2 unspecified atom stereocenters. The van der Waals surface area contributed by atoms with Gasteiger partial charge in [0.25, 0.3) is 0 Å². The Labute approximate surface area is 135 Å². The number of hydrogen-bond donors (Lipinski definition) is 4. The van der Waals surface area contributed by atoms with Crippen LogP contribution in [0.2, 0.25) is 0 Å². The average molecular weight is 327 g/mol. The number of carboxylic acids is 1. The topological polar surface area (TPSA) is 125 Å². The van der Waals surface area contributed by atoms with E-state index < -0.39 is 29.7 Å². The molecule has 4 N–H and O–H groups in total. The highest BCUT2D eigenvalue weighted by atomic mass is 16.4. The molecule has 8 nitrogen and oxygen atoms in total. The van der Waals surface area contributed by atoms with Gasteiger partial charge in [-0.25, -0.2) is 0 Å². The molecule has 1 rings (SSSR count). The monoisotopic (exact) mass is 327 g/mol. The van der Waals surface area contributed by atoms with E-state index in [4.69, 9.17) is 0 Å². The molecule has 0 bridgehead atoms. The van der Waals surface area contributed by atoms with Crippen LogP contribution < -0.4 is 16.0 Å². The van der Waals surface area contributed by atoms with Crippen LogP contribution in [0.3, 0.4) is 0 Å². The summed E-state index contributed by atoms with van der Waals surface area (Å²) in [6.07, 6.45) is 4.95. The summed E-state index contributed by atoms with van der Waals surface area (Å²) in [5.74, 6) is -2.70. The van der Waals surface area contributed by atoms with Gasteiger partial charge >= 0.3 is 5.97 Å². The zero-order valence-corrected chi connectivity index (χ0v) is 13.4. The van der Waals surface area contributed by atoms with E-state index in [1.165, 1.54) is 6.92 Å². The molecular formula is C15H25N3O5. The van der Waals surface area contributed by atoms with Gasteiger partial charge in [-0.1, -0.05) is 25.7 Å². The minimum absolute atomic E-state index is 0.191. The van der Waals surface area contributed by atoms with Crippen LogP contribution in [0, 0.1) is 5.92 Å². The zero-order valence-electron chi connectivity index (χ0n) is 13.4. The van der Waals surface area contributed by atoms with Crippen LogP contribution >= 0.6 is 0 Å². The Kier molecular flexibility index (Phi) is 8.07. The molecule has 130 valence electrons. The quantitative estimate of drug-likeness (QED) is 0.537. The van der Waals surface area contributed by atoms with E-state index in [9.17, 15) is 24.3 Å². The molecule has 0 spiro atoms. The minimum Gasteiger partial charge on any atom is -0.481 e. The Morgan fingerprint density at radius 2 is 1.52 bits per heavy atom. The number of rotatable bonds is 6. The molecule has 0 aromatic heterocycles. The van der Waals surface area contributed by atoms with Crippen molar-refractivity contribution < 1.29 is 24.3 Å². The van der Waals surface area contributed by atoms with Crippen LogP contribution in [0.25, 0.3) is 0 Å². The lowest BCUT2D eigenvalue weighted by Crippen LogP contribution is -2.48. The second kappa shape index (κ2) is 9.81. The predicted octanol–water partition coefficient (Wildman–Crippen LogP) is -0.221. The Hall–Kier alpha value is -2.12. The molecule has 1 saturated carbocycles. The van der Waals surface area contributed by atoms with Crippen molar-refractivity contribution in [3.05, 3.63) is 0 Å². The van der Waals surface area contributed by atoms with Crippen molar-refractivity contribution in [1.29, 1.82) is 0 Å². The summed E-state index contributed by atoms with van der Waals surface area (Å²) in [6, 6.07) is -0.410. The summed E-state index contributed by atoms with van der Waals surface area (Å²) in [5, 5.41) is 16.7. The number of carbonyl (C=O) groups is 4. The molecule has 3 amide bonds. The molecule has 1 aliphatic rings. The Balaban J connectivity index is 2.44. The molecule has 0 radical (unpaired) electrons. The second-order valence-electron chi connectivity index (χ2n) is 5.80. The molecule has 1 fully saturated rings. The van der Waals surface area contributed by atoms with Crippen molar-refractivity contribution in [2.45, 2.75) is 51.5 Å². The summed E-state index contributed by atoms with van der Waals surface area (Å²) in [4.78, 5) is 45.4. The van der Waals surface area contributed by atoms with Gasteiger partial charge < -0.3 is 21.1 Å². The van der Waals surface area contributed by atoms with Gasteiger partial charge in [0.05, 0.1) is 19.0 Å². The van der Waals surface area contributed by atoms with Gasteiger partial charge in [-0.15, -0.1) is 0 Å². The maximum Gasteiger partial charge on any atom is 0.308 e. The van der Waals surface area contributed by atoms with Crippen LogP contribution in [0.4, 0.5) is 0 Å². The molecule has 1 aliphatic carbocycles. The first-order valence-electron chi connectivity index (χ1n) is 7.93. The molecule has 23 heavy (non-hydrogen) atoms. The van der Waals surface area contributed by atoms with E-state index >= 15 is 0 Å². The lowest BCUT2D eigenvalue weighted by atomic mass is 9.87. The molecule has 8 heteroatoms. The fourth-order valence-corrected chi connectivity index (χ4v) is 2.66. The SMILES string of the molecule is CC(=O)NCC(=O)NCC(=O)NC1CCCCCCC1C(=O)O. The summed E-state index contributed by atoms with van der Waals surface area (Å²) in [7, 11) is 0. The third kappa shape index (κ3) is 7.62. The first-order valence-corrected chi connectivity index (χ1v) is 7.93. The van der Waals surface area contributed by atoms with Crippen LogP contribution in [-0.4, -0.2) is 47.9 Å². The summed E-state index contributed by atoms with van der Waals surface area (Å²) in [6.45, 7) is 0.867. The maximum absolute atomic E-state index is 11.9. The van der Waals surface area contributed by atoms with Crippen molar-refractivity contribution in [3.8, 4) is 0 Å². The number of nitrogens with one attached hydrogen (secondary N) is 3. The molecule has 0 aromatic rings. The van der Waals surface area contributed by atoms with Crippen molar-refractivity contribution in [2.75, 3.05) is 13.1 Å². The van der Waals surface area contributed by atoms with E-state index in [2.05, 4.69) is 16.0 Å². The minimum atomic E-state index is -0.896. The largest absolute Gasteiger partial charge is 0.481 e. The Bertz CT molecular complexity index is 452. The average Bonchev–Trinajstić information content (AvgIpc) is 2.45. The van der Waals surface area contributed by atoms with Gasteiger partial charge in [0.1, 0.15) is 0 Å². The van der Waals surface area contributed by atoms with Crippen LogP contribution in [0.5, 0.6) is 0 Å². The number of carbonyl (C=O) groups excluding carboxylic acids is 3. The summed E-state index contributed by atoms with van der Waals surface area (Å²) >= 11 is 0. The van der Waals surface area contributed by atoms with Crippen molar-refractivity contribution >= 4 is 23.7 Å². The Morgan fingerprint density at radius 1 is 0.913 bits per heavy atom. The highest BCUT2D eigenvalue weighted by Gasteiger charge is 2.29. The van der Waals surface area contributed by atoms with Crippen molar-refractivity contribution in [2.24, 2.45) is 5.92 Å². The second-order valence-corrected chi connectivity index (χ2v) is 5.80. The van der Waals surface area contributed by atoms with Crippen molar-refractivity contribution in [3.63, 3.8) is 0 Å². The highest BCUT2D eigenvalue weighted by molar-refractivity contribution is 5.88. The molecule has 0 aromatic carbocycles. The first kappa shape index (κ1) is 18.9. The van der Waals surface area contributed by atoms with Crippen LogP contribution in [-0.2, 0) is 19.2 Å². The standard InChI is InChI=1S/C15H25N3O5/c1-10(19)16-8-13(20)17-9-14(21)18-12-7-5-3-2-4-6-11(12)15(22)23/h11-12H,2-9H2,1H3,(H,16,19)(H,17,20)(H,18,21)(H,22,23). The van der Waals surface area contributed by atoms with E-state index in [0.29, 0.717) is 12.8 Å². The normalized spacial score (nSPS) is 21.4. The van der Waals surface area contributed by atoms with Gasteiger partial charge in [-0.2, -0.15) is 0 Å². The maximum atomic E-state index is 11.9. The number of amides is 3. The molecule has 0 aliphatic heterocycles. The van der Waals surface area contributed by atoms with E-state index in [-0.39, 0.29) is 19.0 Å². The van der Waals surface area contributed by atoms with Gasteiger partial charge in [0.2, 0.25) is 17.7 Å². The lowest BCUT2D eigenvalue weighted by molar-refractivity contribution is -0.143. The van der Waals surface area contributed by atoms with Gasteiger partial charge in [-0.05, 0) is 12.8 Å². The fraction of sp³-hybridized carbons (Fsp3) is 0.733. The van der Waals surface area contributed by atoms with E-state index in [0.717, 1.165) is 25.7 Å².